The molecule has 1 aliphatic carbocycles. The molecule has 30 heavy (non-hydrogen) atoms. The first-order chi connectivity index (χ1) is 14.5. The third kappa shape index (κ3) is 2.52. The number of urea groups is 1. The molecule has 0 bridgehead atoms. The minimum Gasteiger partial charge on any atom is -0.493 e. The van der Waals surface area contributed by atoms with Crippen LogP contribution < -0.4 is 19.3 Å². The number of anilines is 2. The average Bonchev–Trinajstić information content (AvgIpc) is 3.50. The maximum atomic E-state index is 15.1. The van der Waals surface area contributed by atoms with Crippen LogP contribution in [0.5, 0.6) is 11.5 Å². The first-order valence-electron chi connectivity index (χ1n) is 9.49. The van der Waals surface area contributed by atoms with Gasteiger partial charge in [-0.15, -0.1) is 0 Å². The molecule has 1 N–H and O–H groups in total. The lowest BCUT2D eigenvalue weighted by Gasteiger charge is -2.37. The van der Waals surface area contributed by atoms with E-state index >= 15 is 8.78 Å². The fraction of sp³-hybridized carbons (Fsp3) is 0.350. The van der Waals surface area contributed by atoms with E-state index in [9.17, 15) is 4.79 Å². The van der Waals surface area contributed by atoms with Crippen molar-refractivity contribution < 1.29 is 24.5 Å². The van der Waals surface area contributed by atoms with Crippen LogP contribution in [0.1, 0.15) is 25.5 Å². The van der Waals surface area contributed by atoms with Crippen LogP contribution in [0.2, 0.25) is 0 Å². The number of rotatable bonds is 4. The fourth-order valence-electron chi connectivity index (χ4n) is 3.96. The predicted octanol–water partition coefficient (Wildman–Crippen LogP) is 3.92. The number of carbonyl (C=O) groups excluding carboxylic acids is 1. The summed E-state index contributed by atoms with van der Waals surface area (Å²) in [5.74, 6) is -2.34. The second-order valence-electron chi connectivity index (χ2n) is 7.41. The normalized spacial score (nSPS) is 16.2. The van der Waals surface area contributed by atoms with Gasteiger partial charge in [0.15, 0.2) is 28.8 Å². The third-order valence-corrected chi connectivity index (χ3v) is 5.55. The van der Waals surface area contributed by atoms with Crippen molar-refractivity contribution in [2.24, 2.45) is 0 Å². The van der Waals surface area contributed by atoms with Gasteiger partial charge in [-0.1, -0.05) is 0 Å². The van der Waals surface area contributed by atoms with Gasteiger partial charge in [0.2, 0.25) is 0 Å². The molecule has 0 unspecified atom stereocenters. The summed E-state index contributed by atoms with van der Waals surface area (Å²) in [5, 5.41) is 7.82. The summed E-state index contributed by atoms with van der Waals surface area (Å²) in [5.41, 5.74) is 2.15. The van der Waals surface area contributed by atoms with E-state index in [1.165, 1.54) is 14.2 Å². The van der Waals surface area contributed by atoms with Gasteiger partial charge in [0.1, 0.15) is 5.69 Å². The molecule has 0 spiro atoms. The van der Waals surface area contributed by atoms with Gasteiger partial charge in [0.05, 0.1) is 31.8 Å². The monoisotopic (exact) mass is 417 g/mol. The highest BCUT2D eigenvalue weighted by Crippen LogP contribution is 2.45. The Bertz CT molecular complexity index is 1170. The van der Waals surface area contributed by atoms with E-state index in [0.29, 0.717) is 16.9 Å². The number of aromatic nitrogens is 3. The molecule has 0 atom stereocenters. The van der Waals surface area contributed by atoms with Gasteiger partial charge in [-0.2, -0.15) is 5.10 Å². The van der Waals surface area contributed by atoms with Crippen molar-refractivity contribution in [3.63, 3.8) is 0 Å². The molecule has 8 nitrogen and oxygen atoms in total. The maximum absolute atomic E-state index is 15.1. The number of ether oxygens (including phenoxy) is 2. The van der Waals surface area contributed by atoms with Crippen molar-refractivity contribution in [2.45, 2.75) is 32.4 Å². The van der Waals surface area contributed by atoms with Crippen molar-refractivity contribution >= 4 is 28.4 Å². The molecule has 2 aliphatic rings. The highest BCUT2D eigenvalue weighted by Gasteiger charge is 2.44. The molecule has 5 rings (SSSR count). The topological polar surface area (TPSA) is 83.6 Å². The van der Waals surface area contributed by atoms with Gasteiger partial charge in [-0.05, 0) is 19.8 Å². The van der Waals surface area contributed by atoms with E-state index in [4.69, 9.17) is 9.47 Å². The van der Waals surface area contributed by atoms with Crippen LogP contribution in [0, 0.1) is 18.6 Å². The zero-order chi connectivity index (χ0) is 21.2. The Kier molecular flexibility index (Phi) is 4.05. The lowest BCUT2D eigenvalue weighted by molar-refractivity contribution is 0.249. The molecule has 3 aromatic rings. The molecule has 1 aromatic carbocycles. The zero-order valence-corrected chi connectivity index (χ0v) is 16.6. The summed E-state index contributed by atoms with van der Waals surface area (Å²) in [6.45, 7) is 1.81. The van der Waals surface area contributed by atoms with Crippen molar-refractivity contribution in [2.75, 3.05) is 24.0 Å². The molecule has 3 heterocycles. The average molecular weight is 417 g/mol. The lowest BCUT2D eigenvalue weighted by Crippen LogP contribution is -2.49. The lowest BCUT2D eigenvalue weighted by atomic mass is 10.1. The molecule has 1 fully saturated rings. The van der Waals surface area contributed by atoms with Gasteiger partial charge in [-0.3, -0.25) is 14.9 Å². The van der Waals surface area contributed by atoms with Crippen molar-refractivity contribution in [3.05, 3.63) is 35.2 Å². The number of aromatic amines is 1. The molecular formula is C20H21F2N5O3. The number of pyridine rings is 1. The molecule has 2 aromatic heterocycles. The molecular weight excluding hydrogens is 396 g/mol. The Morgan fingerprint density at radius 2 is 1.83 bits per heavy atom. The fourth-order valence-corrected chi connectivity index (χ4v) is 3.96. The number of methoxy groups -OCH3 is 2. The van der Waals surface area contributed by atoms with Gasteiger partial charge in [0.25, 0.3) is 0 Å². The summed E-state index contributed by atoms with van der Waals surface area (Å²) in [7, 11) is 2.54. The minimum atomic E-state index is -0.961. The summed E-state index contributed by atoms with van der Waals surface area (Å²) < 4.78 is 40.3. The Labute approximate surface area is 171 Å². The molecule has 1 saturated carbocycles. The van der Waals surface area contributed by atoms with Crippen LogP contribution >= 0.6 is 0 Å². The summed E-state index contributed by atoms with van der Waals surface area (Å²) in [6, 6.07) is 0.568. The number of halogens is 2. The van der Waals surface area contributed by atoms with Crippen molar-refractivity contribution in [1.29, 1.82) is 0 Å². The number of hydrogen-bond acceptors (Lipinski definition) is 5. The summed E-state index contributed by atoms with van der Waals surface area (Å²) >= 11 is 0. The van der Waals surface area contributed by atoms with Gasteiger partial charge in [-0.25, -0.2) is 18.6 Å². The first kappa shape index (κ1) is 18.6. The zero-order valence-electron chi connectivity index (χ0n) is 16.6. The third-order valence-electron chi connectivity index (χ3n) is 5.55. The number of carbonyl (C=O) groups is 1. The van der Waals surface area contributed by atoms with E-state index < -0.39 is 23.4 Å². The van der Waals surface area contributed by atoms with E-state index in [0.717, 1.165) is 34.9 Å². The Morgan fingerprint density at radius 3 is 2.43 bits per heavy atom. The van der Waals surface area contributed by atoms with Crippen LogP contribution in [0.3, 0.4) is 0 Å². The second kappa shape index (κ2) is 6.54. The highest BCUT2D eigenvalue weighted by molar-refractivity contribution is 6.12. The van der Waals surface area contributed by atoms with E-state index in [1.54, 1.807) is 11.1 Å². The number of H-pyrrole nitrogens is 1. The minimum absolute atomic E-state index is 0. The molecule has 158 valence electrons. The predicted molar refractivity (Wildman–Crippen MR) is 107 cm³/mol. The van der Waals surface area contributed by atoms with Crippen molar-refractivity contribution in [1.82, 2.24) is 15.2 Å². The van der Waals surface area contributed by atoms with E-state index in [1.807, 2.05) is 6.92 Å². The summed E-state index contributed by atoms with van der Waals surface area (Å²) in [4.78, 5) is 20.6. The molecule has 1 aliphatic heterocycles. The largest absolute Gasteiger partial charge is 0.493 e. The van der Waals surface area contributed by atoms with Gasteiger partial charge in [0, 0.05) is 31.0 Å². The number of benzene rings is 1. The van der Waals surface area contributed by atoms with Crippen LogP contribution in [-0.2, 0) is 6.54 Å². The smallest absolute Gasteiger partial charge is 0.329 e. The van der Waals surface area contributed by atoms with Crippen LogP contribution in [0.4, 0.5) is 25.0 Å². The Balaban J connectivity index is 0.00000231. The SMILES string of the molecule is COc1cc(OC)c(F)c(N2Cc3cnc4n[nH]c(C)c4c3N(C3CC3)C2=O)c1F.[HH]. The number of fused-ring (bicyclic) bond motifs is 3. The van der Waals surface area contributed by atoms with E-state index in [2.05, 4.69) is 15.2 Å². The number of amides is 2. The van der Waals surface area contributed by atoms with Crippen molar-refractivity contribution in [3.8, 4) is 11.5 Å². The van der Waals surface area contributed by atoms with Crippen LogP contribution in [0.25, 0.3) is 11.0 Å². The second-order valence-corrected chi connectivity index (χ2v) is 7.41. The standard InChI is InChI=1S/C20H19F2N5O3.H2/c1-9-14-17-10(7-23-19(14)25-24-9)8-26(20(28)27(17)11-4-5-11)18-15(21)12(29-2)6-13(30-3)16(18)22;/h6-7,11H,4-5,8H2,1-3H3,(H,23,24,25);1H. The quantitative estimate of drug-likeness (QED) is 0.696. The number of aryl methyl sites for hydroxylation is 1. The molecule has 10 heteroatoms. The number of nitrogens with zero attached hydrogens (tertiary/aromatic N) is 4. The Morgan fingerprint density at radius 1 is 1.17 bits per heavy atom. The molecule has 2 amide bonds. The Hall–Kier alpha value is -3.43. The van der Waals surface area contributed by atoms with E-state index in [-0.39, 0.29) is 25.5 Å². The number of nitrogens with one attached hydrogen (secondary N) is 1. The van der Waals surface area contributed by atoms with Gasteiger partial charge < -0.3 is 9.47 Å². The van der Waals surface area contributed by atoms with Gasteiger partial charge >= 0.3 is 6.03 Å². The maximum Gasteiger partial charge on any atom is 0.329 e. The van der Waals surface area contributed by atoms with Crippen LogP contribution in [-0.4, -0.2) is 41.5 Å². The number of hydrogen-bond donors (Lipinski definition) is 1. The molecule has 0 saturated heterocycles. The first-order valence-corrected chi connectivity index (χ1v) is 9.49. The van der Waals surface area contributed by atoms with Crippen LogP contribution in [0.15, 0.2) is 12.3 Å². The molecule has 0 radical (unpaired) electrons. The highest BCUT2D eigenvalue weighted by atomic mass is 19.1. The summed E-state index contributed by atoms with van der Waals surface area (Å²) in [6.07, 6.45) is 3.22.